The summed E-state index contributed by atoms with van der Waals surface area (Å²) in [6.45, 7) is 0. The van der Waals surface area contributed by atoms with E-state index in [1.165, 1.54) is 11.1 Å². The van der Waals surface area contributed by atoms with Crippen LogP contribution in [0.15, 0.2) is 168 Å². The predicted octanol–water partition coefficient (Wildman–Crippen LogP) is 9.22. The summed E-state index contributed by atoms with van der Waals surface area (Å²) in [5.41, 5.74) is 8.77. The molecule has 44 heavy (non-hydrogen) atoms. The highest BCUT2D eigenvalue weighted by Gasteiger charge is 2.22. The van der Waals surface area contributed by atoms with Crippen molar-refractivity contribution in [1.29, 1.82) is 0 Å². The molecule has 1 N–H and O–H groups in total. The fraction of sp³-hybridized carbons (Fsp3) is 0.0250. The molecule has 0 aliphatic carbocycles. The molecule has 6 aromatic carbocycles. The van der Waals surface area contributed by atoms with E-state index < -0.39 is 0 Å². The molecule has 208 valence electrons. The second kappa shape index (κ2) is 11.1. The Bertz CT molecular complexity index is 2170. The SMILES string of the molecule is c1ccc(C2=NC(c3cccc4cccc(-c5ccc(-c6ccnc7ccccc67)cc5)c34)=NC(c3ccccc3)N2)cc1. The van der Waals surface area contributed by atoms with Crippen LogP contribution >= 0.6 is 0 Å². The average molecular weight is 565 g/mol. The molecule has 1 atom stereocenters. The largest absolute Gasteiger partial charge is 0.344 e. The number of aliphatic imine (C=N–C) groups is 2. The molecule has 7 aromatic rings. The van der Waals surface area contributed by atoms with E-state index in [2.05, 4.69) is 132 Å². The Kier molecular flexibility index (Phi) is 6.50. The third-order valence-electron chi connectivity index (χ3n) is 8.21. The van der Waals surface area contributed by atoms with Gasteiger partial charge in [0.15, 0.2) is 5.84 Å². The summed E-state index contributed by atoms with van der Waals surface area (Å²) in [4.78, 5) is 14.8. The molecule has 1 aliphatic rings. The maximum atomic E-state index is 5.18. The number of hydrogen-bond acceptors (Lipinski definition) is 4. The molecule has 0 saturated heterocycles. The van der Waals surface area contributed by atoms with Gasteiger partial charge in [0.05, 0.1) is 5.52 Å². The van der Waals surface area contributed by atoms with Crippen LogP contribution in [0.5, 0.6) is 0 Å². The van der Waals surface area contributed by atoms with Crippen molar-refractivity contribution in [2.45, 2.75) is 6.17 Å². The number of benzene rings is 6. The molecule has 0 spiro atoms. The van der Waals surface area contributed by atoms with Gasteiger partial charge < -0.3 is 5.32 Å². The Morgan fingerprint density at radius 2 is 1.16 bits per heavy atom. The van der Waals surface area contributed by atoms with Crippen LogP contribution in [0.1, 0.15) is 22.9 Å². The lowest BCUT2D eigenvalue weighted by Crippen LogP contribution is -2.33. The topological polar surface area (TPSA) is 49.6 Å². The Hall–Kier alpha value is -5.87. The van der Waals surface area contributed by atoms with Crippen LogP contribution in [-0.2, 0) is 0 Å². The minimum absolute atomic E-state index is 0.254. The predicted molar refractivity (Wildman–Crippen MR) is 182 cm³/mol. The molecule has 4 heteroatoms. The zero-order valence-corrected chi connectivity index (χ0v) is 23.9. The summed E-state index contributed by atoms with van der Waals surface area (Å²) in [5, 5.41) is 7.02. The van der Waals surface area contributed by atoms with Crippen LogP contribution in [0.4, 0.5) is 0 Å². The molecule has 0 amide bonds. The maximum Gasteiger partial charge on any atom is 0.160 e. The molecule has 1 aliphatic heterocycles. The first-order valence-electron chi connectivity index (χ1n) is 14.8. The van der Waals surface area contributed by atoms with Crippen molar-refractivity contribution in [3.63, 3.8) is 0 Å². The van der Waals surface area contributed by atoms with Gasteiger partial charge in [0.25, 0.3) is 0 Å². The van der Waals surface area contributed by atoms with Gasteiger partial charge in [0, 0.05) is 28.1 Å². The summed E-state index contributed by atoms with van der Waals surface area (Å²) in [6.07, 6.45) is 1.63. The standard InChI is InChI=1S/C40H28N4/c1-3-11-30(12-4-1)38-42-39(31-13-5-2-6-14-31)44-40(43-38)35-19-10-16-29-15-9-18-33(37(29)35)28-23-21-27(22-24-28)32-25-26-41-36-20-8-7-17-34(32)36/h1-26,38H,(H,42,43,44). The van der Waals surface area contributed by atoms with Gasteiger partial charge in [0.1, 0.15) is 12.0 Å². The lowest BCUT2D eigenvalue weighted by atomic mass is 9.92. The number of hydrogen-bond donors (Lipinski definition) is 1. The maximum absolute atomic E-state index is 5.18. The molecule has 0 bridgehead atoms. The first-order valence-corrected chi connectivity index (χ1v) is 14.8. The van der Waals surface area contributed by atoms with Gasteiger partial charge in [-0.15, -0.1) is 0 Å². The molecule has 0 radical (unpaired) electrons. The van der Waals surface area contributed by atoms with Crippen LogP contribution in [-0.4, -0.2) is 16.7 Å². The Balaban J connectivity index is 1.26. The van der Waals surface area contributed by atoms with Gasteiger partial charge in [-0.25, -0.2) is 9.98 Å². The van der Waals surface area contributed by atoms with Gasteiger partial charge in [-0.3, -0.25) is 4.98 Å². The average Bonchev–Trinajstić information content (AvgIpc) is 3.11. The van der Waals surface area contributed by atoms with Crippen LogP contribution in [0.25, 0.3) is 43.9 Å². The quantitative estimate of drug-likeness (QED) is 0.227. The normalized spacial score (nSPS) is 14.6. The second-order valence-electron chi connectivity index (χ2n) is 10.9. The number of amidine groups is 2. The second-order valence-corrected chi connectivity index (χ2v) is 10.9. The van der Waals surface area contributed by atoms with Crippen molar-refractivity contribution < 1.29 is 0 Å². The summed E-state index contributed by atoms with van der Waals surface area (Å²) >= 11 is 0. The highest BCUT2D eigenvalue weighted by molar-refractivity contribution is 6.19. The molecule has 1 unspecified atom stereocenters. The Labute approximate surface area is 256 Å². The van der Waals surface area contributed by atoms with Crippen molar-refractivity contribution in [2.75, 3.05) is 0 Å². The zero-order chi connectivity index (χ0) is 29.3. The Morgan fingerprint density at radius 3 is 1.93 bits per heavy atom. The molecular weight excluding hydrogens is 536 g/mol. The summed E-state index contributed by atoms with van der Waals surface area (Å²) in [7, 11) is 0. The van der Waals surface area contributed by atoms with Gasteiger partial charge in [-0.05, 0) is 45.3 Å². The van der Waals surface area contributed by atoms with Crippen molar-refractivity contribution in [2.24, 2.45) is 9.98 Å². The van der Waals surface area contributed by atoms with Crippen LogP contribution < -0.4 is 5.32 Å². The van der Waals surface area contributed by atoms with Crippen molar-refractivity contribution in [1.82, 2.24) is 10.3 Å². The molecular formula is C40H28N4. The lowest BCUT2D eigenvalue weighted by molar-refractivity contribution is 0.674. The van der Waals surface area contributed by atoms with E-state index in [-0.39, 0.29) is 6.17 Å². The number of aromatic nitrogens is 1. The highest BCUT2D eigenvalue weighted by atomic mass is 15.2. The van der Waals surface area contributed by atoms with E-state index >= 15 is 0 Å². The fourth-order valence-corrected chi connectivity index (χ4v) is 6.06. The third kappa shape index (κ3) is 4.73. The minimum atomic E-state index is -0.254. The van der Waals surface area contributed by atoms with E-state index in [0.717, 1.165) is 61.2 Å². The zero-order valence-electron chi connectivity index (χ0n) is 23.9. The number of fused-ring (bicyclic) bond motifs is 2. The van der Waals surface area contributed by atoms with Gasteiger partial charge in [-0.2, -0.15) is 0 Å². The molecule has 0 saturated carbocycles. The highest BCUT2D eigenvalue weighted by Crippen LogP contribution is 2.35. The van der Waals surface area contributed by atoms with Crippen LogP contribution in [0.3, 0.4) is 0 Å². The molecule has 0 fully saturated rings. The number of para-hydroxylation sites is 1. The van der Waals surface area contributed by atoms with Crippen molar-refractivity contribution in [3.8, 4) is 22.3 Å². The Morgan fingerprint density at radius 1 is 0.500 bits per heavy atom. The van der Waals surface area contributed by atoms with Crippen molar-refractivity contribution >= 4 is 33.3 Å². The monoisotopic (exact) mass is 564 g/mol. The summed E-state index contributed by atoms with van der Waals surface area (Å²) in [6, 6.07) is 52.7. The van der Waals surface area contributed by atoms with Gasteiger partial charge in [0.2, 0.25) is 0 Å². The van der Waals surface area contributed by atoms with Crippen LogP contribution in [0.2, 0.25) is 0 Å². The summed E-state index contributed by atoms with van der Waals surface area (Å²) in [5.74, 6) is 1.53. The molecule has 4 nitrogen and oxygen atoms in total. The first-order chi connectivity index (χ1) is 21.8. The smallest absolute Gasteiger partial charge is 0.160 e. The number of nitrogens with one attached hydrogen (secondary N) is 1. The first kappa shape index (κ1) is 25.8. The third-order valence-corrected chi connectivity index (χ3v) is 8.21. The molecule has 8 rings (SSSR count). The summed E-state index contributed by atoms with van der Waals surface area (Å²) < 4.78 is 0. The molecule has 2 heterocycles. The van der Waals surface area contributed by atoms with E-state index in [1.54, 1.807) is 0 Å². The lowest BCUT2D eigenvalue weighted by Gasteiger charge is -2.24. The fourth-order valence-electron chi connectivity index (χ4n) is 6.06. The van der Waals surface area contributed by atoms with E-state index in [9.17, 15) is 0 Å². The van der Waals surface area contributed by atoms with E-state index in [0.29, 0.717) is 0 Å². The van der Waals surface area contributed by atoms with Gasteiger partial charge >= 0.3 is 0 Å². The van der Waals surface area contributed by atoms with Crippen LogP contribution in [0, 0.1) is 0 Å². The van der Waals surface area contributed by atoms with E-state index in [4.69, 9.17) is 9.98 Å². The number of rotatable bonds is 5. The van der Waals surface area contributed by atoms with E-state index in [1.807, 2.05) is 36.5 Å². The minimum Gasteiger partial charge on any atom is -0.344 e. The number of pyridine rings is 1. The molecule has 1 aromatic heterocycles. The number of nitrogens with zero attached hydrogens (tertiary/aromatic N) is 3. The van der Waals surface area contributed by atoms with Gasteiger partial charge in [-0.1, -0.05) is 140 Å². The van der Waals surface area contributed by atoms with Crippen molar-refractivity contribution in [3.05, 3.63) is 175 Å².